The van der Waals surface area contributed by atoms with Crippen LogP contribution in [-0.4, -0.2) is 39.4 Å². The number of benzene rings is 2. The number of methoxy groups -OCH3 is 1. The van der Waals surface area contributed by atoms with Gasteiger partial charge in [-0.2, -0.15) is 0 Å². The van der Waals surface area contributed by atoms with Gasteiger partial charge in [-0.25, -0.2) is 0 Å². The molecule has 8 nitrogen and oxygen atoms in total. The van der Waals surface area contributed by atoms with Crippen LogP contribution in [0.25, 0.3) is 0 Å². The number of aromatic nitrogens is 3. The van der Waals surface area contributed by atoms with Crippen molar-refractivity contribution in [3.63, 3.8) is 0 Å². The fourth-order valence-electron chi connectivity index (χ4n) is 3.11. The van der Waals surface area contributed by atoms with E-state index in [0.29, 0.717) is 33.0 Å². The van der Waals surface area contributed by atoms with Crippen molar-refractivity contribution in [1.29, 1.82) is 0 Å². The third-order valence-corrected chi connectivity index (χ3v) is 6.15. The Labute approximate surface area is 202 Å². The number of hydrogen-bond acceptors (Lipinski definition) is 6. The molecule has 0 aliphatic rings. The molecule has 0 bridgehead atoms. The Balaban J connectivity index is 1.65. The topological polar surface area (TPSA) is 98.1 Å². The van der Waals surface area contributed by atoms with Crippen molar-refractivity contribution in [1.82, 2.24) is 20.1 Å². The first-order chi connectivity index (χ1) is 15.8. The molecule has 0 unspecified atom stereocenters. The fourth-order valence-corrected chi connectivity index (χ4v) is 4.02. The summed E-state index contributed by atoms with van der Waals surface area (Å²) in [5, 5.41) is 15.5. The van der Waals surface area contributed by atoms with E-state index in [1.165, 1.54) is 11.8 Å². The molecule has 0 fully saturated rings. The molecule has 33 heavy (non-hydrogen) atoms. The van der Waals surface area contributed by atoms with Crippen LogP contribution in [0.2, 0.25) is 5.02 Å². The smallest absolute Gasteiger partial charge is 0.251 e. The second-order valence-electron chi connectivity index (χ2n) is 7.67. The molecule has 174 valence electrons. The number of ether oxygens (including phenoxy) is 1. The number of hydrogen-bond donors (Lipinski definition) is 2. The SMILES string of the molecule is COc1ccc(C(=O)N[C@H](c2nnc(SCC(=O)Nc3cccc(Cl)c3)n2C)C(C)C)cc1. The van der Waals surface area contributed by atoms with E-state index in [1.54, 1.807) is 60.2 Å². The number of thioether (sulfide) groups is 1. The average molecular weight is 488 g/mol. The van der Waals surface area contributed by atoms with Gasteiger partial charge < -0.3 is 19.9 Å². The van der Waals surface area contributed by atoms with Crippen LogP contribution >= 0.6 is 23.4 Å². The molecule has 0 saturated carbocycles. The van der Waals surface area contributed by atoms with E-state index < -0.39 is 0 Å². The van der Waals surface area contributed by atoms with Crippen LogP contribution in [0.15, 0.2) is 53.7 Å². The molecule has 0 radical (unpaired) electrons. The van der Waals surface area contributed by atoms with E-state index in [-0.39, 0.29) is 29.5 Å². The number of halogens is 1. The molecular formula is C23H26ClN5O3S. The number of rotatable bonds is 9. The van der Waals surface area contributed by atoms with Crippen molar-refractivity contribution >= 4 is 40.9 Å². The summed E-state index contributed by atoms with van der Waals surface area (Å²) in [4.78, 5) is 25.1. The molecule has 2 amide bonds. The summed E-state index contributed by atoms with van der Waals surface area (Å²) in [5.74, 6) is 1.13. The van der Waals surface area contributed by atoms with E-state index in [1.807, 2.05) is 20.9 Å². The van der Waals surface area contributed by atoms with E-state index in [0.717, 1.165) is 0 Å². The second-order valence-corrected chi connectivity index (χ2v) is 9.05. The normalized spacial score (nSPS) is 11.8. The number of amides is 2. The Hall–Kier alpha value is -3.04. The number of carbonyl (C=O) groups is 2. The van der Waals surface area contributed by atoms with E-state index >= 15 is 0 Å². The minimum Gasteiger partial charge on any atom is -0.497 e. The van der Waals surface area contributed by atoms with Gasteiger partial charge in [0.2, 0.25) is 5.91 Å². The Morgan fingerprint density at radius 1 is 1.15 bits per heavy atom. The lowest BCUT2D eigenvalue weighted by Crippen LogP contribution is -2.33. The maximum Gasteiger partial charge on any atom is 0.251 e. The lowest BCUT2D eigenvalue weighted by atomic mass is 10.0. The van der Waals surface area contributed by atoms with Crippen molar-refractivity contribution in [2.45, 2.75) is 25.0 Å². The van der Waals surface area contributed by atoms with Gasteiger partial charge in [-0.3, -0.25) is 9.59 Å². The molecule has 2 aromatic carbocycles. The standard InChI is InChI=1S/C23H26ClN5O3S/c1-14(2)20(26-22(31)15-8-10-18(32-4)11-9-15)21-27-28-23(29(21)3)33-13-19(30)25-17-7-5-6-16(24)12-17/h5-12,14,20H,13H2,1-4H3,(H,25,30)(H,26,31)/t20-/m0/s1. The molecule has 0 spiro atoms. The zero-order valence-corrected chi connectivity index (χ0v) is 20.4. The Morgan fingerprint density at radius 3 is 2.52 bits per heavy atom. The Bertz CT molecular complexity index is 1120. The first-order valence-corrected chi connectivity index (χ1v) is 11.7. The van der Waals surface area contributed by atoms with Crippen LogP contribution < -0.4 is 15.4 Å². The predicted molar refractivity (Wildman–Crippen MR) is 130 cm³/mol. The molecule has 3 rings (SSSR count). The Morgan fingerprint density at radius 2 is 1.88 bits per heavy atom. The summed E-state index contributed by atoms with van der Waals surface area (Å²) >= 11 is 7.22. The van der Waals surface area contributed by atoms with Gasteiger partial charge in [0.15, 0.2) is 11.0 Å². The van der Waals surface area contributed by atoms with E-state index in [2.05, 4.69) is 20.8 Å². The highest BCUT2D eigenvalue weighted by Gasteiger charge is 2.25. The molecule has 1 aromatic heterocycles. The van der Waals surface area contributed by atoms with Gasteiger partial charge in [-0.05, 0) is 48.4 Å². The van der Waals surface area contributed by atoms with Crippen molar-refractivity contribution in [2.75, 3.05) is 18.2 Å². The minimum atomic E-state index is -0.355. The molecule has 0 saturated heterocycles. The Kier molecular flexibility index (Phi) is 8.35. The average Bonchev–Trinajstić information content (AvgIpc) is 3.15. The van der Waals surface area contributed by atoms with Gasteiger partial charge in [0.05, 0.1) is 18.9 Å². The highest BCUT2D eigenvalue weighted by molar-refractivity contribution is 7.99. The molecule has 3 aromatic rings. The van der Waals surface area contributed by atoms with Crippen LogP contribution in [0.1, 0.15) is 36.1 Å². The molecule has 10 heteroatoms. The highest BCUT2D eigenvalue weighted by atomic mass is 35.5. The minimum absolute atomic E-state index is 0.0686. The summed E-state index contributed by atoms with van der Waals surface area (Å²) in [6.45, 7) is 4.00. The van der Waals surface area contributed by atoms with Crippen LogP contribution in [0, 0.1) is 5.92 Å². The maximum absolute atomic E-state index is 12.8. The lowest BCUT2D eigenvalue weighted by Gasteiger charge is -2.21. The van der Waals surface area contributed by atoms with Gasteiger partial charge in [0, 0.05) is 23.3 Å². The van der Waals surface area contributed by atoms with Crippen LogP contribution in [-0.2, 0) is 11.8 Å². The lowest BCUT2D eigenvalue weighted by molar-refractivity contribution is -0.113. The fraction of sp³-hybridized carbons (Fsp3) is 0.304. The summed E-state index contributed by atoms with van der Waals surface area (Å²) in [6, 6.07) is 13.5. The van der Waals surface area contributed by atoms with Crippen molar-refractivity contribution in [3.05, 3.63) is 64.9 Å². The second kappa shape index (κ2) is 11.2. The third kappa shape index (κ3) is 6.49. The maximum atomic E-state index is 12.8. The third-order valence-electron chi connectivity index (χ3n) is 4.89. The molecular weight excluding hydrogens is 462 g/mol. The van der Waals surface area contributed by atoms with Crippen LogP contribution in [0.4, 0.5) is 5.69 Å². The summed E-state index contributed by atoms with van der Waals surface area (Å²) in [6.07, 6.45) is 0. The largest absolute Gasteiger partial charge is 0.497 e. The number of nitrogens with zero attached hydrogens (tertiary/aromatic N) is 3. The number of anilines is 1. The molecule has 0 aliphatic heterocycles. The van der Waals surface area contributed by atoms with Gasteiger partial charge in [-0.1, -0.05) is 43.3 Å². The van der Waals surface area contributed by atoms with Crippen LogP contribution in [0.3, 0.4) is 0 Å². The van der Waals surface area contributed by atoms with Gasteiger partial charge in [0.1, 0.15) is 5.75 Å². The van der Waals surface area contributed by atoms with E-state index in [9.17, 15) is 9.59 Å². The highest BCUT2D eigenvalue weighted by Crippen LogP contribution is 2.25. The predicted octanol–water partition coefficient (Wildman–Crippen LogP) is 4.34. The van der Waals surface area contributed by atoms with Crippen molar-refractivity contribution < 1.29 is 14.3 Å². The molecule has 2 N–H and O–H groups in total. The molecule has 1 heterocycles. The van der Waals surface area contributed by atoms with Crippen molar-refractivity contribution in [3.8, 4) is 5.75 Å². The summed E-state index contributed by atoms with van der Waals surface area (Å²) < 4.78 is 6.95. The molecule has 1 atom stereocenters. The number of nitrogens with one attached hydrogen (secondary N) is 2. The quantitative estimate of drug-likeness (QED) is 0.436. The van der Waals surface area contributed by atoms with Crippen molar-refractivity contribution in [2.24, 2.45) is 13.0 Å². The monoisotopic (exact) mass is 487 g/mol. The van der Waals surface area contributed by atoms with E-state index in [4.69, 9.17) is 16.3 Å². The zero-order valence-electron chi connectivity index (χ0n) is 18.8. The summed E-state index contributed by atoms with van der Waals surface area (Å²) in [5.41, 5.74) is 1.16. The first-order valence-electron chi connectivity index (χ1n) is 10.3. The first kappa shape index (κ1) is 24.6. The zero-order chi connectivity index (χ0) is 24.0. The summed E-state index contributed by atoms with van der Waals surface area (Å²) in [7, 11) is 3.40. The van der Waals surface area contributed by atoms with Crippen LogP contribution in [0.5, 0.6) is 5.75 Å². The number of carbonyl (C=O) groups excluding carboxylic acids is 2. The van der Waals surface area contributed by atoms with Gasteiger partial charge in [0.25, 0.3) is 5.91 Å². The van der Waals surface area contributed by atoms with Gasteiger partial charge >= 0.3 is 0 Å². The van der Waals surface area contributed by atoms with Gasteiger partial charge in [-0.15, -0.1) is 10.2 Å². The molecule has 0 aliphatic carbocycles.